The lowest BCUT2D eigenvalue weighted by Gasteiger charge is -2.14. The van der Waals surface area contributed by atoms with E-state index < -0.39 is 20.2 Å². The number of amides is 4. The summed E-state index contributed by atoms with van der Waals surface area (Å²) < 4.78 is 66.0. The van der Waals surface area contributed by atoms with Gasteiger partial charge in [-0.3, -0.25) is 19.2 Å². The van der Waals surface area contributed by atoms with Crippen LogP contribution in [0.1, 0.15) is 63.7 Å². The van der Waals surface area contributed by atoms with E-state index in [4.69, 9.17) is 0 Å². The number of pyridine rings is 2. The predicted molar refractivity (Wildman–Crippen MR) is 254 cm³/mol. The molecule has 0 fully saturated rings. The van der Waals surface area contributed by atoms with E-state index in [1.807, 2.05) is 61.6 Å². The van der Waals surface area contributed by atoms with E-state index in [-0.39, 0.29) is 33.4 Å². The quantitative estimate of drug-likeness (QED) is 0.0830. The van der Waals surface area contributed by atoms with Crippen molar-refractivity contribution in [3.8, 4) is 0 Å². The zero-order chi connectivity index (χ0) is 49.8. The average molecular weight is 957 g/mol. The summed E-state index contributed by atoms with van der Waals surface area (Å²) in [5.41, 5.74) is 7.34. The van der Waals surface area contributed by atoms with Crippen molar-refractivity contribution >= 4 is 66.6 Å². The number of benzene rings is 5. The number of rotatable bonds is 10. The minimum atomic E-state index is -4.27. The normalized spacial score (nSPS) is 10.8. The molecule has 4 N–H and O–H groups in total. The summed E-state index contributed by atoms with van der Waals surface area (Å²) >= 11 is 0. The lowest BCUT2D eigenvalue weighted by Crippen LogP contribution is -2.27. The standard InChI is InChI=1S/C36H32N6O4.2C7H8O3S/c1-23-24(2)32(36(46)38-28-15-11-26(12-16-28)34(44)40-30-8-6-20-42(4)22-30)18-17-31(23)35(45)37-27-13-9-25(10-14-27)33(43)39-29-7-5-19-41(3)21-29;2*1-6-2-4-7(5-3-6)11(8,9)10/h5-22H,1-4H3,(H2-2,37,38,39,40,43,44,45,46);2*2-5H,1H3,(H,8,9,10). The van der Waals surface area contributed by atoms with E-state index in [0.717, 1.165) is 11.1 Å². The second-order valence-electron chi connectivity index (χ2n) is 15.4. The molecule has 0 atom stereocenters. The van der Waals surface area contributed by atoms with Crippen LogP contribution in [0.2, 0.25) is 0 Å². The van der Waals surface area contributed by atoms with E-state index >= 15 is 0 Å². The summed E-state index contributed by atoms with van der Waals surface area (Å²) in [5.74, 6) is -1.19. The monoisotopic (exact) mass is 956 g/mol. The molecule has 68 heavy (non-hydrogen) atoms. The van der Waals surface area contributed by atoms with Crippen LogP contribution in [0.5, 0.6) is 0 Å². The molecule has 4 amide bonds. The molecule has 0 radical (unpaired) electrons. The first-order valence-electron chi connectivity index (χ1n) is 20.6. The Morgan fingerprint density at radius 1 is 0.412 bits per heavy atom. The second kappa shape index (κ2) is 22.5. The van der Waals surface area contributed by atoms with Gasteiger partial charge in [-0.2, -0.15) is 0 Å². The maximum atomic E-state index is 13.1. The van der Waals surface area contributed by atoms with E-state index in [9.17, 15) is 45.1 Å². The Kier molecular flexibility index (Phi) is 16.9. The van der Waals surface area contributed by atoms with Gasteiger partial charge in [0, 0.05) is 45.8 Å². The van der Waals surface area contributed by atoms with Crippen LogP contribution in [0.25, 0.3) is 0 Å². The zero-order valence-corrected chi connectivity index (χ0v) is 39.4. The molecular weight excluding hydrogens is 909 g/mol. The molecule has 0 spiro atoms. The van der Waals surface area contributed by atoms with Gasteiger partial charge in [0.2, 0.25) is 0 Å². The number of hydrogen-bond acceptors (Lipinski definition) is 10. The maximum absolute atomic E-state index is 13.1. The molecule has 2 aromatic heterocycles. The molecular formula is C50H48N6O10S2. The number of nitrogens with zero attached hydrogens (tertiary/aromatic N) is 2. The van der Waals surface area contributed by atoms with Gasteiger partial charge in [-0.05, 0) is 136 Å². The van der Waals surface area contributed by atoms with E-state index in [2.05, 4.69) is 21.3 Å². The zero-order valence-electron chi connectivity index (χ0n) is 37.8. The Labute approximate surface area is 394 Å². The van der Waals surface area contributed by atoms with E-state index in [0.29, 0.717) is 56.1 Å². The van der Waals surface area contributed by atoms with Crippen LogP contribution in [0.15, 0.2) is 168 Å². The summed E-state index contributed by atoms with van der Waals surface area (Å²) in [4.78, 5) is 51.2. The first-order valence-corrected chi connectivity index (χ1v) is 23.4. The van der Waals surface area contributed by atoms with Crippen LogP contribution in [0.4, 0.5) is 22.7 Å². The number of hydrogen-bond donors (Lipinski definition) is 4. The number of carbonyl (C=O) groups is 4. The summed E-state index contributed by atoms with van der Waals surface area (Å²) in [5, 5.41) is 11.4. The van der Waals surface area contributed by atoms with Crippen LogP contribution in [-0.2, 0) is 34.3 Å². The molecule has 0 aliphatic carbocycles. The van der Waals surface area contributed by atoms with Crippen molar-refractivity contribution < 1.29 is 54.3 Å². The lowest BCUT2D eigenvalue weighted by atomic mass is 9.97. The highest BCUT2D eigenvalue weighted by molar-refractivity contribution is 7.86. The van der Waals surface area contributed by atoms with Gasteiger partial charge < -0.3 is 30.4 Å². The third-order valence-corrected chi connectivity index (χ3v) is 11.8. The topological polar surface area (TPSA) is 239 Å². The van der Waals surface area contributed by atoms with Gasteiger partial charge in [-0.15, -0.1) is 0 Å². The molecule has 350 valence electrons. The molecule has 5 aromatic carbocycles. The third kappa shape index (κ3) is 14.8. The fraction of sp³-hybridized carbons (Fsp3) is 0.120. The SMILES string of the molecule is Cc1c(C(=O)Nc2ccc(C(=O)Nc3ccc[n+](C)c3)cc2)ccc(C(=O)Nc2ccc(C(=O)Nc3ccc[n+](C)c3)cc2)c1C.Cc1ccc(S(=O)(=O)[O-])cc1.Cc1ccc(S(=O)(=O)[O-])cc1. The van der Waals surface area contributed by atoms with Crippen LogP contribution in [0, 0.1) is 27.7 Å². The van der Waals surface area contributed by atoms with Gasteiger partial charge in [0.15, 0.2) is 24.8 Å². The molecule has 0 aliphatic heterocycles. The van der Waals surface area contributed by atoms with Crippen molar-refractivity contribution in [2.75, 3.05) is 21.3 Å². The molecule has 16 nitrogen and oxygen atoms in total. The molecule has 7 rings (SSSR count). The fourth-order valence-corrected chi connectivity index (χ4v) is 7.20. The van der Waals surface area contributed by atoms with Gasteiger partial charge in [-0.25, -0.2) is 26.0 Å². The van der Waals surface area contributed by atoms with Gasteiger partial charge in [-0.1, -0.05) is 35.4 Å². The first kappa shape index (κ1) is 51.1. The van der Waals surface area contributed by atoms with E-state index in [1.165, 1.54) is 24.3 Å². The summed E-state index contributed by atoms with van der Waals surface area (Å²) in [6.07, 6.45) is 7.35. The number of anilines is 4. The average Bonchev–Trinajstić information content (AvgIpc) is 3.28. The lowest BCUT2D eigenvalue weighted by molar-refractivity contribution is -0.670. The Balaban J connectivity index is 0.000000319. The first-order chi connectivity index (χ1) is 32.1. The van der Waals surface area contributed by atoms with Crippen LogP contribution >= 0.6 is 0 Å². The van der Waals surface area contributed by atoms with Crippen LogP contribution in [-0.4, -0.2) is 49.6 Å². The fourth-order valence-electron chi connectivity index (χ4n) is 6.26. The molecule has 0 bridgehead atoms. The van der Waals surface area contributed by atoms with Gasteiger partial charge >= 0.3 is 0 Å². The molecule has 0 unspecified atom stereocenters. The number of nitrogens with one attached hydrogen (secondary N) is 4. The predicted octanol–water partition coefficient (Wildman–Crippen LogP) is 6.76. The maximum Gasteiger partial charge on any atom is 0.255 e. The van der Waals surface area contributed by atoms with Crippen molar-refractivity contribution in [2.24, 2.45) is 14.1 Å². The van der Waals surface area contributed by atoms with Gasteiger partial charge in [0.1, 0.15) is 45.7 Å². The van der Waals surface area contributed by atoms with Crippen molar-refractivity contribution in [3.05, 3.63) is 203 Å². The Morgan fingerprint density at radius 2 is 0.721 bits per heavy atom. The van der Waals surface area contributed by atoms with Crippen molar-refractivity contribution in [2.45, 2.75) is 37.5 Å². The van der Waals surface area contributed by atoms with Crippen molar-refractivity contribution in [3.63, 3.8) is 0 Å². The highest BCUT2D eigenvalue weighted by Gasteiger charge is 2.18. The minimum Gasteiger partial charge on any atom is -0.744 e. The summed E-state index contributed by atoms with van der Waals surface area (Å²) in [6.45, 7) is 7.22. The smallest absolute Gasteiger partial charge is 0.255 e. The summed E-state index contributed by atoms with van der Waals surface area (Å²) in [6, 6.07) is 35.3. The van der Waals surface area contributed by atoms with Crippen LogP contribution < -0.4 is 30.4 Å². The Morgan fingerprint density at radius 3 is 1.01 bits per heavy atom. The summed E-state index contributed by atoms with van der Waals surface area (Å²) in [7, 11) is -4.80. The van der Waals surface area contributed by atoms with E-state index in [1.54, 1.807) is 123 Å². The third-order valence-electron chi connectivity index (χ3n) is 10.1. The highest BCUT2D eigenvalue weighted by atomic mass is 32.2. The molecule has 0 saturated heterocycles. The molecule has 18 heteroatoms. The van der Waals surface area contributed by atoms with Gasteiger partial charge in [0.25, 0.3) is 23.6 Å². The Bertz CT molecular complexity index is 2970. The number of aryl methyl sites for hydroxylation is 4. The van der Waals surface area contributed by atoms with Crippen LogP contribution in [0.3, 0.4) is 0 Å². The molecule has 0 aliphatic rings. The largest absolute Gasteiger partial charge is 0.744 e. The highest BCUT2D eigenvalue weighted by Crippen LogP contribution is 2.22. The minimum absolute atomic E-state index is 0.178. The van der Waals surface area contributed by atoms with Crippen molar-refractivity contribution in [1.29, 1.82) is 0 Å². The van der Waals surface area contributed by atoms with Crippen molar-refractivity contribution in [1.82, 2.24) is 0 Å². The van der Waals surface area contributed by atoms with Gasteiger partial charge in [0.05, 0.1) is 9.79 Å². The molecule has 7 aromatic rings. The second-order valence-corrected chi connectivity index (χ2v) is 18.2. The number of aromatic nitrogens is 2. The number of carbonyl (C=O) groups excluding carboxylic acids is 4. The Hall–Kier alpha value is -7.90. The molecule has 0 saturated carbocycles. The molecule has 2 heterocycles.